The minimum atomic E-state index is -0.111. The van der Waals surface area contributed by atoms with Crippen LogP contribution in [-0.2, 0) is 0 Å². The number of carbonyl (C=O) groups is 1. The Morgan fingerprint density at radius 2 is 1.73 bits per heavy atom. The molecule has 0 aliphatic carbocycles. The number of hydrogen-bond donors (Lipinski definition) is 1. The Kier molecular flexibility index (Phi) is 5.40. The molecule has 1 aromatic heterocycles. The minimum absolute atomic E-state index is 0.111. The van der Waals surface area contributed by atoms with Crippen molar-refractivity contribution in [3.05, 3.63) is 72.5 Å². The fourth-order valence-electron chi connectivity index (χ4n) is 4.75. The molecule has 3 saturated heterocycles. The Labute approximate surface area is 181 Å². The molecule has 6 rings (SSSR count). The molecule has 0 saturated carbocycles. The van der Waals surface area contributed by atoms with Crippen molar-refractivity contribution in [3.8, 4) is 11.3 Å². The third-order valence-electron chi connectivity index (χ3n) is 6.43. The summed E-state index contributed by atoms with van der Waals surface area (Å²) < 4.78 is 6.03. The summed E-state index contributed by atoms with van der Waals surface area (Å²) in [5, 5.41) is 3.26. The van der Waals surface area contributed by atoms with Crippen molar-refractivity contribution in [1.29, 1.82) is 0 Å². The standard InChI is InChI=1S/C25H26N2O2S/c1-17-24(18-13-15-27(17)16-14-18)26-25(28)22-12-11-21(29-22)20-9-5-6-10-23(20)30-19-7-3-2-4-8-19/h2-12,17-18,24H,13-16H2,1H3,(H,26,28)/t17-,24+/m1/s1. The summed E-state index contributed by atoms with van der Waals surface area (Å²) in [4.78, 5) is 17.7. The van der Waals surface area contributed by atoms with E-state index in [9.17, 15) is 4.79 Å². The van der Waals surface area contributed by atoms with Crippen LogP contribution in [0.2, 0.25) is 0 Å². The zero-order chi connectivity index (χ0) is 20.5. The van der Waals surface area contributed by atoms with Crippen LogP contribution >= 0.6 is 11.8 Å². The lowest BCUT2D eigenvalue weighted by Crippen LogP contribution is -2.62. The summed E-state index contributed by atoms with van der Waals surface area (Å²) in [7, 11) is 0. The van der Waals surface area contributed by atoms with Gasteiger partial charge in [0.15, 0.2) is 5.76 Å². The number of piperidine rings is 3. The first-order valence-corrected chi connectivity index (χ1v) is 11.5. The van der Waals surface area contributed by atoms with Gasteiger partial charge < -0.3 is 9.73 Å². The number of nitrogens with one attached hydrogen (secondary N) is 1. The fourth-order valence-corrected chi connectivity index (χ4v) is 5.72. The third-order valence-corrected chi connectivity index (χ3v) is 7.51. The molecule has 5 heteroatoms. The molecular formula is C25H26N2O2S. The Morgan fingerprint density at radius 3 is 2.50 bits per heavy atom. The van der Waals surface area contributed by atoms with Crippen LogP contribution in [0.15, 0.2) is 80.9 Å². The van der Waals surface area contributed by atoms with Crippen molar-refractivity contribution in [2.24, 2.45) is 5.92 Å². The summed E-state index contributed by atoms with van der Waals surface area (Å²) in [5.41, 5.74) is 1.00. The highest BCUT2D eigenvalue weighted by Gasteiger charge is 2.40. The smallest absolute Gasteiger partial charge is 0.287 e. The van der Waals surface area contributed by atoms with Crippen LogP contribution in [0.3, 0.4) is 0 Å². The number of hydrogen-bond acceptors (Lipinski definition) is 4. The SMILES string of the molecule is C[C@@H]1[C@H](NC(=O)c2ccc(-c3ccccc3Sc3ccccc3)o2)C2CCN1CC2. The zero-order valence-corrected chi connectivity index (χ0v) is 17.9. The second-order valence-corrected chi connectivity index (χ2v) is 9.30. The molecule has 3 aliphatic heterocycles. The van der Waals surface area contributed by atoms with Gasteiger partial charge in [0.1, 0.15) is 5.76 Å². The largest absolute Gasteiger partial charge is 0.451 e. The van der Waals surface area contributed by atoms with Gasteiger partial charge in [-0.25, -0.2) is 0 Å². The van der Waals surface area contributed by atoms with Gasteiger partial charge >= 0.3 is 0 Å². The average Bonchev–Trinajstić information content (AvgIpc) is 3.28. The van der Waals surface area contributed by atoms with Crippen LogP contribution in [0.1, 0.15) is 30.3 Å². The molecule has 2 atom stereocenters. The van der Waals surface area contributed by atoms with Gasteiger partial charge in [-0.15, -0.1) is 0 Å². The molecule has 3 fully saturated rings. The summed E-state index contributed by atoms with van der Waals surface area (Å²) in [6.07, 6.45) is 2.34. The van der Waals surface area contributed by atoms with E-state index in [0.29, 0.717) is 17.7 Å². The molecule has 0 radical (unpaired) electrons. The maximum atomic E-state index is 12.9. The quantitative estimate of drug-likeness (QED) is 0.610. The molecule has 3 aromatic rings. The number of benzene rings is 2. The van der Waals surface area contributed by atoms with Crippen molar-refractivity contribution in [1.82, 2.24) is 10.2 Å². The maximum Gasteiger partial charge on any atom is 0.287 e. The van der Waals surface area contributed by atoms with E-state index in [4.69, 9.17) is 4.42 Å². The van der Waals surface area contributed by atoms with E-state index in [1.165, 1.54) is 17.7 Å². The van der Waals surface area contributed by atoms with Crippen LogP contribution in [0.4, 0.5) is 0 Å². The van der Waals surface area contributed by atoms with Gasteiger partial charge in [-0.3, -0.25) is 9.69 Å². The first kappa shape index (κ1) is 19.5. The summed E-state index contributed by atoms with van der Waals surface area (Å²) in [5.74, 6) is 1.57. The van der Waals surface area contributed by atoms with Crippen molar-refractivity contribution < 1.29 is 9.21 Å². The maximum absolute atomic E-state index is 12.9. The molecule has 1 N–H and O–H groups in total. The summed E-state index contributed by atoms with van der Waals surface area (Å²) in [6, 6.07) is 22.7. The Balaban J connectivity index is 1.34. The predicted octanol–water partition coefficient (Wildman–Crippen LogP) is 5.31. The highest BCUT2D eigenvalue weighted by molar-refractivity contribution is 7.99. The molecule has 0 unspecified atom stereocenters. The molecular weight excluding hydrogens is 392 g/mol. The lowest BCUT2D eigenvalue weighted by atomic mass is 9.79. The van der Waals surface area contributed by atoms with Crippen molar-refractivity contribution >= 4 is 17.7 Å². The van der Waals surface area contributed by atoms with Gasteiger partial charge in [0.25, 0.3) is 5.91 Å². The van der Waals surface area contributed by atoms with E-state index < -0.39 is 0 Å². The molecule has 1 amide bonds. The molecule has 3 aliphatic rings. The molecule has 2 aromatic carbocycles. The van der Waals surface area contributed by atoms with Crippen molar-refractivity contribution in [2.75, 3.05) is 13.1 Å². The van der Waals surface area contributed by atoms with Crippen LogP contribution < -0.4 is 5.32 Å². The van der Waals surface area contributed by atoms with Crippen molar-refractivity contribution in [2.45, 2.75) is 41.6 Å². The second-order valence-electron chi connectivity index (χ2n) is 8.19. The molecule has 30 heavy (non-hydrogen) atoms. The summed E-state index contributed by atoms with van der Waals surface area (Å²) >= 11 is 1.70. The van der Waals surface area contributed by atoms with Crippen molar-refractivity contribution in [3.63, 3.8) is 0 Å². The van der Waals surface area contributed by atoms with E-state index in [2.05, 4.69) is 35.3 Å². The fraction of sp³-hybridized carbons (Fsp3) is 0.320. The number of fused-ring (bicyclic) bond motifs is 3. The van der Waals surface area contributed by atoms with Crippen LogP contribution in [0.25, 0.3) is 11.3 Å². The van der Waals surface area contributed by atoms with Gasteiger partial charge in [0, 0.05) is 27.4 Å². The van der Waals surface area contributed by atoms with E-state index >= 15 is 0 Å². The van der Waals surface area contributed by atoms with E-state index in [-0.39, 0.29) is 11.9 Å². The van der Waals surface area contributed by atoms with Crippen LogP contribution in [0.5, 0.6) is 0 Å². The Bertz CT molecular complexity index is 1020. The van der Waals surface area contributed by atoms with Gasteiger partial charge in [-0.05, 0) is 69.1 Å². The van der Waals surface area contributed by atoms with E-state index in [0.717, 1.165) is 29.3 Å². The molecule has 154 valence electrons. The van der Waals surface area contributed by atoms with Crippen LogP contribution in [0, 0.1) is 5.92 Å². The van der Waals surface area contributed by atoms with Crippen LogP contribution in [-0.4, -0.2) is 36.0 Å². The number of amides is 1. The number of furan rings is 1. The molecule has 0 spiro atoms. The normalized spacial score (nSPS) is 25.2. The highest BCUT2D eigenvalue weighted by atomic mass is 32.2. The first-order valence-electron chi connectivity index (χ1n) is 10.7. The lowest BCUT2D eigenvalue weighted by Gasteiger charge is -2.49. The molecule has 4 nitrogen and oxygen atoms in total. The molecule has 4 heterocycles. The summed E-state index contributed by atoms with van der Waals surface area (Å²) in [6.45, 7) is 4.53. The topological polar surface area (TPSA) is 45.5 Å². The number of nitrogens with zero attached hydrogens (tertiary/aromatic N) is 1. The van der Waals surface area contributed by atoms with E-state index in [1.807, 2.05) is 42.5 Å². The van der Waals surface area contributed by atoms with E-state index in [1.54, 1.807) is 17.8 Å². The average molecular weight is 419 g/mol. The van der Waals surface area contributed by atoms with Gasteiger partial charge in [-0.2, -0.15) is 0 Å². The van der Waals surface area contributed by atoms with Gasteiger partial charge in [0.05, 0.1) is 0 Å². The second kappa shape index (κ2) is 8.32. The molecule has 2 bridgehead atoms. The Morgan fingerprint density at radius 1 is 1.00 bits per heavy atom. The highest BCUT2D eigenvalue weighted by Crippen LogP contribution is 2.37. The first-order chi connectivity index (χ1) is 14.7. The number of carbonyl (C=O) groups excluding carboxylic acids is 1. The zero-order valence-electron chi connectivity index (χ0n) is 17.1. The Hall–Kier alpha value is -2.50. The predicted molar refractivity (Wildman–Crippen MR) is 120 cm³/mol. The van der Waals surface area contributed by atoms with Gasteiger partial charge in [-0.1, -0.05) is 48.2 Å². The third kappa shape index (κ3) is 3.80. The lowest BCUT2D eigenvalue weighted by molar-refractivity contribution is 0.0211. The number of rotatable bonds is 5. The monoisotopic (exact) mass is 418 g/mol. The van der Waals surface area contributed by atoms with Gasteiger partial charge in [0.2, 0.25) is 0 Å². The minimum Gasteiger partial charge on any atom is -0.451 e.